The summed E-state index contributed by atoms with van der Waals surface area (Å²) in [5.41, 5.74) is 2.49. The van der Waals surface area contributed by atoms with E-state index in [-0.39, 0.29) is 4.90 Å². The zero-order valence-corrected chi connectivity index (χ0v) is 18.9. The summed E-state index contributed by atoms with van der Waals surface area (Å²) in [5, 5.41) is 0.423. The van der Waals surface area contributed by atoms with E-state index >= 15 is 0 Å². The number of nitrogens with one attached hydrogen (secondary N) is 1. The lowest BCUT2D eigenvalue weighted by Gasteiger charge is -2.06. The highest BCUT2D eigenvalue weighted by Crippen LogP contribution is 2.24. The second kappa shape index (κ2) is 9.86. The number of benzene rings is 1. The van der Waals surface area contributed by atoms with E-state index < -0.39 is 10.0 Å². The molecule has 0 amide bonds. The molecule has 0 saturated carbocycles. The zero-order chi connectivity index (χ0) is 22.4. The first kappa shape index (κ1) is 22.7. The van der Waals surface area contributed by atoms with Crippen LogP contribution in [0, 0.1) is 0 Å². The summed E-state index contributed by atoms with van der Waals surface area (Å²) in [4.78, 5) is 28.2. The largest absolute Gasteiger partial charge is 0.360 e. The number of nitrogens with zero attached hydrogens (tertiary/aromatic N) is 2. The molecule has 1 aromatic carbocycles. The van der Waals surface area contributed by atoms with Crippen molar-refractivity contribution >= 4 is 50.1 Å². The highest BCUT2D eigenvalue weighted by atomic mass is 79.9. The molecule has 0 saturated heterocycles. The number of carbonyl (C=O) groups excluding carboxylic acids is 2. The molecule has 3 aromatic heterocycles. The number of pyridine rings is 1. The molecular weight excluding hydrogens is 506 g/mol. The van der Waals surface area contributed by atoms with Crippen molar-refractivity contribution < 1.29 is 18.0 Å². The topological polar surface area (TPSA) is 102 Å². The van der Waals surface area contributed by atoms with Crippen molar-refractivity contribution in [3.8, 4) is 11.3 Å². The van der Waals surface area contributed by atoms with Crippen LogP contribution in [-0.2, 0) is 10.0 Å². The summed E-state index contributed by atoms with van der Waals surface area (Å²) in [7, 11) is -3.65. The molecule has 10 heteroatoms. The number of carbonyl (C=O) groups is 2. The Labute approximate surface area is 191 Å². The van der Waals surface area contributed by atoms with E-state index in [1.54, 1.807) is 42.7 Å². The molecular formula is C21H15BrClN3O4S. The number of aldehydes is 2. The fraction of sp³-hybridized carbons (Fsp3) is 0. The summed E-state index contributed by atoms with van der Waals surface area (Å²) in [6, 6.07) is 14.9. The lowest BCUT2D eigenvalue weighted by molar-refractivity contribution is 0.111. The number of halogens is 2. The maximum atomic E-state index is 12.2. The Kier molecular flexibility index (Phi) is 7.21. The van der Waals surface area contributed by atoms with Crippen molar-refractivity contribution in [1.82, 2.24) is 13.9 Å². The van der Waals surface area contributed by atoms with Gasteiger partial charge in [0.1, 0.15) is 9.76 Å². The molecule has 0 aliphatic rings. The van der Waals surface area contributed by atoms with Gasteiger partial charge in [0.15, 0.2) is 12.6 Å². The molecule has 0 atom stereocenters. The fourth-order valence-electron chi connectivity index (χ4n) is 2.61. The quantitative estimate of drug-likeness (QED) is 0.300. The zero-order valence-electron chi connectivity index (χ0n) is 15.8. The minimum atomic E-state index is -3.65. The SMILES string of the molecule is O=Cc1c[nH]c(-c2cccnc2Cl)c1.O=Cc1cc(Br)n(S(=O)(=O)c2ccccc2)c1. The van der Waals surface area contributed by atoms with Gasteiger partial charge in [-0.3, -0.25) is 9.59 Å². The van der Waals surface area contributed by atoms with Gasteiger partial charge in [0, 0.05) is 41.0 Å². The Balaban J connectivity index is 0.000000179. The minimum absolute atomic E-state index is 0.175. The van der Waals surface area contributed by atoms with Gasteiger partial charge < -0.3 is 4.98 Å². The van der Waals surface area contributed by atoms with Crippen LogP contribution in [0.4, 0.5) is 0 Å². The van der Waals surface area contributed by atoms with E-state index in [0.29, 0.717) is 27.2 Å². The monoisotopic (exact) mass is 519 g/mol. The van der Waals surface area contributed by atoms with Crippen molar-refractivity contribution in [3.05, 3.63) is 94.1 Å². The van der Waals surface area contributed by atoms with Gasteiger partial charge in [0.2, 0.25) is 0 Å². The standard InChI is InChI=1S/C11H8BrNO3S.C10H7ClN2O/c12-11-6-9(8-14)7-13(11)17(15,16)10-4-2-1-3-5-10;11-10-8(2-1-3-12-10)9-4-7(6-14)5-13-9/h1-8H;1-6,13H. The Morgan fingerprint density at radius 3 is 2.29 bits per heavy atom. The first-order valence-electron chi connectivity index (χ1n) is 8.75. The molecule has 0 aliphatic carbocycles. The predicted octanol–water partition coefficient (Wildman–Crippen LogP) is 4.84. The number of hydrogen-bond acceptors (Lipinski definition) is 5. The van der Waals surface area contributed by atoms with E-state index in [9.17, 15) is 18.0 Å². The number of H-pyrrole nitrogens is 1. The maximum absolute atomic E-state index is 12.2. The molecule has 158 valence electrons. The summed E-state index contributed by atoms with van der Waals surface area (Å²) in [6.45, 7) is 0. The molecule has 0 bridgehead atoms. The summed E-state index contributed by atoms with van der Waals surface area (Å²) in [6.07, 6.45) is 5.91. The lowest BCUT2D eigenvalue weighted by atomic mass is 10.2. The average Bonchev–Trinajstić information content (AvgIpc) is 3.42. The molecule has 0 spiro atoms. The fourth-order valence-corrected chi connectivity index (χ4v) is 5.04. The van der Waals surface area contributed by atoms with Crippen LogP contribution in [0.1, 0.15) is 20.7 Å². The third-order valence-corrected chi connectivity index (χ3v) is 6.92. The number of rotatable bonds is 5. The van der Waals surface area contributed by atoms with Crippen LogP contribution >= 0.6 is 27.5 Å². The molecule has 0 aliphatic heterocycles. The normalized spacial score (nSPS) is 10.8. The summed E-state index contributed by atoms with van der Waals surface area (Å²) >= 11 is 9.01. The number of aromatic nitrogens is 3. The average molecular weight is 521 g/mol. The number of aromatic amines is 1. The Hall–Kier alpha value is -3.01. The molecule has 1 N–H and O–H groups in total. The molecule has 0 fully saturated rings. The van der Waals surface area contributed by atoms with Crippen LogP contribution in [0.25, 0.3) is 11.3 Å². The van der Waals surface area contributed by atoms with Crippen LogP contribution < -0.4 is 0 Å². The van der Waals surface area contributed by atoms with Crippen molar-refractivity contribution in [2.24, 2.45) is 0 Å². The van der Waals surface area contributed by atoms with Crippen molar-refractivity contribution in [1.29, 1.82) is 0 Å². The van der Waals surface area contributed by atoms with Gasteiger partial charge in [-0.15, -0.1) is 0 Å². The van der Waals surface area contributed by atoms with E-state index in [0.717, 1.165) is 21.5 Å². The first-order valence-corrected chi connectivity index (χ1v) is 11.4. The van der Waals surface area contributed by atoms with Gasteiger partial charge in [-0.05, 0) is 52.3 Å². The Morgan fingerprint density at radius 2 is 1.71 bits per heavy atom. The molecule has 31 heavy (non-hydrogen) atoms. The van der Waals surface area contributed by atoms with E-state index in [1.165, 1.54) is 24.4 Å². The Morgan fingerprint density at radius 1 is 1.00 bits per heavy atom. The molecule has 7 nitrogen and oxygen atoms in total. The maximum Gasteiger partial charge on any atom is 0.268 e. The van der Waals surface area contributed by atoms with Gasteiger partial charge in [-0.2, -0.15) is 0 Å². The van der Waals surface area contributed by atoms with Gasteiger partial charge in [-0.25, -0.2) is 17.4 Å². The molecule has 3 heterocycles. The van der Waals surface area contributed by atoms with Crippen LogP contribution in [0.5, 0.6) is 0 Å². The van der Waals surface area contributed by atoms with Gasteiger partial charge in [0.05, 0.1) is 4.90 Å². The molecule has 0 radical (unpaired) electrons. The summed E-state index contributed by atoms with van der Waals surface area (Å²) in [5.74, 6) is 0. The number of hydrogen-bond donors (Lipinski definition) is 1. The highest BCUT2D eigenvalue weighted by Gasteiger charge is 2.19. The Bertz CT molecular complexity index is 1320. The second-order valence-corrected chi connectivity index (χ2v) is 9.12. The van der Waals surface area contributed by atoms with Crippen molar-refractivity contribution in [3.63, 3.8) is 0 Å². The predicted molar refractivity (Wildman–Crippen MR) is 121 cm³/mol. The van der Waals surface area contributed by atoms with Crippen LogP contribution in [-0.4, -0.2) is 34.9 Å². The van der Waals surface area contributed by atoms with E-state index in [2.05, 4.69) is 25.9 Å². The highest BCUT2D eigenvalue weighted by molar-refractivity contribution is 9.10. The second-order valence-electron chi connectivity index (χ2n) is 6.13. The van der Waals surface area contributed by atoms with Crippen molar-refractivity contribution in [2.75, 3.05) is 0 Å². The van der Waals surface area contributed by atoms with Crippen LogP contribution in [0.3, 0.4) is 0 Å². The lowest BCUT2D eigenvalue weighted by Crippen LogP contribution is -2.11. The van der Waals surface area contributed by atoms with Crippen LogP contribution in [0.15, 0.2) is 82.7 Å². The smallest absolute Gasteiger partial charge is 0.268 e. The van der Waals surface area contributed by atoms with Gasteiger partial charge >= 0.3 is 0 Å². The van der Waals surface area contributed by atoms with Gasteiger partial charge in [-0.1, -0.05) is 29.8 Å². The third kappa shape index (κ3) is 5.19. The van der Waals surface area contributed by atoms with Crippen LogP contribution in [0.2, 0.25) is 5.15 Å². The van der Waals surface area contributed by atoms with E-state index in [4.69, 9.17) is 11.6 Å². The molecule has 4 rings (SSSR count). The van der Waals surface area contributed by atoms with Gasteiger partial charge in [0.25, 0.3) is 10.0 Å². The minimum Gasteiger partial charge on any atom is -0.360 e. The van der Waals surface area contributed by atoms with E-state index in [1.807, 2.05) is 6.07 Å². The molecule has 4 aromatic rings. The first-order chi connectivity index (χ1) is 14.9. The van der Waals surface area contributed by atoms with Crippen molar-refractivity contribution in [2.45, 2.75) is 4.90 Å². The molecule has 0 unspecified atom stereocenters. The third-order valence-electron chi connectivity index (χ3n) is 4.09. The summed E-state index contributed by atoms with van der Waals surface area (Å²) < 4.78 is 25.8.